The highest BCUT2D eigenvalue weighted by atomic mass is 79.9. The van der Waals surface area contributed by atoms with E-state index in [-0.39, 0.29) is 5.91 Å². The Balaban J connectivity index is 1.30. The van der Waals surface area contributed by atoms with Gasteiger partial charge in [0.05, 0.1) is 18.0 Å². The van der Waals surface area contributed by atoms with E-state index >= 15 is 0 Å². The van der Waals surface area contributed by atoms with Crippen molar-refractivity contribution in [3.05, 3.63) is 94.0 Å². The molecule has 5 rings (SSSR count). The van der Waals surface area contributed by atoms with Crippen molar-refractivity contribution in [3.8, 4) is 0 Å². The number of aliphatic imine (C=N–C) groups is 1. The highest BCUT2D eigenvalue weighted by Gasteiger charge is 2.35. The predicted octanol–water partition coefficient (Wildman–Crippen LogP) is 5.00. The van der Waals surface area contributed by atoms with Gasteiger partial charge in [0.1, 0.15) is 5.71 Å². The number of carbonyl (C=O) groups excluding carboxylic acids is 1. The van der Waals surface area contributed by atoms with Crippen molar-refractivity contribution in [1.29, 1.82) is 0 Å². The first-order chi connectivity index (χ1) is 16.1. The number of halogens is 1. The van der Waals surface area contributed by atoms with Gasteiger partial charge in [-0.3, -0.25) is 19.5 Å². The van der Waals surface area contributed by atoms with Crippen LogP contribution in [0.4, 0.5) is 11.4 Å². The van der Waals surface area contributed by atoms with Gasteiger partial charge in [0.2, 0.25) is 0 Å². The maximum absolute atomic E-state index is 13.4. The molecule has 0 atom stereocenters. The van der Waals surface area contributed by atoms with Gasteiger partial charge in [0.15, 0.2) is 0 Å². The van der Waals surface area contributed by atoms with Gasteiger partial charge in [-0.1, -0.05) is 70.5 Å². The van der Waals surface area contributed by atoms with Gasteiger partial charge in [-0.2, -0.15) is 0 Å². The molecule has 0 aromatic heterocycles. The van der Waals surface area contributed by atoms with Crippen LogP contribution in [-0.4, -0.2) is 54.3 Å². The molecule has 6 heteroatoms. The number of amides is 1. The number of para-hydroxylation sites is 1. The molecule has 0 aliphatic carbocycles. The molecule has 0 saturated carbocycles. The van der Waals surface area contributed by atoms with E-state index in [0.717, 1.165) is 59.7 Å². The Labute approximate surface area is 203 Å². The highest BCUT2D eigenvalue weighted by Crippen LogP contribution is 2.32. The van der Waals surface area contributed by atoms with Gasteiger partial charge in [-0.25, -0.2) is 4.99 Å². The normalized spacial score (nSPS) is 18.2. The molecular weight excluding hydrogens is 476 g/mol. The number of anilines is 1. The number of carbonyl (C=O) groups is 1. The Morgan fingerprint density at radius 1 is 0.879 bits per heavy atom. The molecular formula is C27H27BrN4O. The molecule has 0 bridgehead atoms. The van der Waals surface area contributed by atoms with Gasteiger partial charge < -0.3 is 0 Å². The van der Waals surface area contributed by atoms with E-state index in [4.69, 9.17) is 4.99 Å². The van der Waals surface area contributed by atoms with Crippen molar-refractivity contribution in [3.63, 3.8) is 0 Å². The minimum Gasteiger partial charge on any atom is -0.297 e. The van der Waals surface area contributed by atoms with Crippen LogP contribution in [0.15, 0.2) is 82.3 Å². The molecule has 3 aromatic carbocycles. The monoisotopic (exact) mass is 502 g/mol. The first kappa shape index (κ1) is 22.0. The average Bonchev–Trinajstić information content (AvgIpc) is 3.09. The lowest BCUT2D eigenvalue weighted by Gasteiger charge is -2.36. The topological polar surface area (TPSA) is 39.2 Å². The molecule has 1 fully saturated rings. The minimum absolute atomic E-state index is 0.0281. The SMILES string of the molecule is Cc1ccc(N=C2C(=O)N(CN3CCN(Cc4ccccc4)CC3)c3ccccc32)cc1Br. The lowest BCUT2D eigenvalue weighted by atomic mass is 10.1. The van der Waals surface area contributed by atoms with Crippen LogP contribution in [0.1, 0.15) is 16.7 Å². The second-order valence-electron chi connectivity index (χ2n) is 8.67. The summed E-state index contributed by atoms with van der Waals surface area (Å²) in [6.07, 6.45) is 0. The van der Waals surface area contributed by atoms with E-state index in [1.54, 1.807) is 0 Å². The highest BCUT2D eigenvalue weighted by molar-refractivity contribution is 9.10. The van der Waals surface area contributed by atoms with Crippen LogP contribution in [0.25, 0.3) is 0 Å². The fourth-order valence-corrected chi connectivity index (χ4v) is 4.79. The van der Waals surface area contributed by atoms with Crippen LogP contribution in [0, 0.1) is 6.92 Å². The minimum atomic E-state index is -0.0281. The van der Waals surface area contributed by atoms with Crippen molar-refractivity contribution in [1.82, 2.24) is 9.80 Å². The summed E-state index contributed by atoms with van der Waals surface area (Å²) in [4.78, 5) is 24.9. The number of nitrogens with zero attached hydrogens (tertiary/aromatic N) is 4. The fraction of sp³-hybridized carbons (Fsp3) is 0.259. The first-order valence-electron chi connectivity index (χ1n) is 11.3. The van der Waals surface area contributed by atoms with Gasteiger partial charge in [0.25, 0.3) is 5.91 Å². The van der Waals surface area contributed by atoms with Crippen LogP contribution in [-0.2, 0) is 11.3 Å². The third kappa shape index (κ3) is 4.78. The molecule has 168 valence electrons. The summed E-state index contributed by atoms with van der Waals surface area (Å²) in [7, 11) is 0. The van der Waals surface area contributed by atoms with Gasteiger partial charge in [-0.15, -0.1) is 0 Å². The van der Waals surface area contributed by atoms with E-state index in [2.05, 4.69) is 56.1 Å². The Kier molecular flexibility index (Phi) is 6.40. The van der Waals surface area contributed by atoms with Gasteiger partial charge >= 0.3 is 0 Å². The molecule has 0 spiro atoms. The molecule has 1 saturated heterocycles. The Hall–Kier alpha value is -2.80. The number of fused-ring (bicyclic) bond motifs is 1. The van der Waals surface area contributed by atoms with Crippen molar-refractivity contribution in [2.75, 3.05) is 37.7 Å². The molecule has 2 heterocycles. The number of piperazine rings is 1. The van der Waals surface area contributed by atoms with Gasteiger partial charge in [0, 0.05) is 42.8 Å². The van der Waals surface area contributed by atoms with Crippen molar-refractivity contribution in [2.45, 2.75) is 13.5 Å². The summed E-state index contributed by atoms with van der Waals surface area (Å²) in [5.74, 6) is -0.0281. The summed E-state index contributed by atoms with van der Waals surface area (Å²) in [5.41, 5.74) is 5.63. The van der Waals surface area contributed by atoms with Crippen LogP contribution < -0.4 is 4.90 Å². The summed E-state index contributed by atoms with van der Waals surface area (Å²) in [6, 6.07) is 24.5. The zero-order chi connectivity index (χ0) is 22.8. The maximum Gasteiger partial charge on any atom is 0.278 e. The Morgan fingerprint density at radius 3 is 2.33 bits per heavy atom. The lowest BCUT2D eigenvalue weighted by molar-refractivity contribution is -0.112. The third-order valence-corrected chi connectivity index (χ3v) is 7.20. The largest absolute Gasteiger partial charge is 0.297 e. The standard InChI is InChI=1S/C27H27BrN4O/c1-20-11-12-22(17-24(20)28)29-26-23-9-5-6-10-25(23)32(27(26)33)19-31-15-13-30(14-16-31)18-21-7-3-2-4-8-21/h2-12,17H,13-16,18-19H2,1H3. The third-order valence-electron chi connectivity index (χ3n) is 6.35. The van der Waals surface area contributed by atoms with E-state index in [1.165, 1.54) is 5.56 Å². The lowest BCUT2D eigenvalue weighted by Crippen LogP contribution is -2.50. The smallest absolute Gasteiger partial charge is 0.278 e. The molecule has 5 nitrogen and oxygen atoms in total. The number of hydrogen-bond acceptors (Lipinski definition) is 4. The zero-order valence-corrected chi connectivity index (χ0v) is 20.3. The quantitative estimate of drug-likeness (QED) is 0.492. The zero-order valence-electron chi connectivity index (χ0n) is 18.7. The molecule has 1 amide bonds. The molecule has 33 heavy (non-hydrogen) atoms. The van der Waals surface area contributed by atoms with Crippen molar-refractivity contribution in [2.24, 2.45) is 4.99 Å². The summed E-state index contributed by atoms with van der Waals surface area (Å²) >= 11 is 3.57. The molecule has 2 aliphatic rings. The Bertz CT molecular complexity index is 1190. The number of aryl methyl sites for hydroxylation is 1. The fourth-order valence-electron chi connectivity index (χ4n) is 4.42. The van der Waals surface area contributed by atoms with Crippen molar-refractivity contribution >= 4 is 38.9 Å². The number of rotatable bonds is 5. The molecule has 0 radical (unpaired) electrons. The van der Waals surface area contributed by atoms with Crippen LogP contribution in [0.5, 0.6) is 0 Å². The van der Waals surface area contributed by atoms with E-state index in [0.29, 0.717) is 12.4 Å². The maximum atomic E-state index is 13.4. The summed E-state index contributed by atoms with van der Waals surface area (Å²) in [6.45, 7) is 7.48. The van der Waals surface area contributed by atoms with E-state index in [1.807, 2.05) is 54.3 Å². The second kappa shape index (κ2) is 9.59. The van der Waals surface area contributed by atoms with E-state index < -0.39 is 0 Å². The number of benzene rings is 3. The summed E-state index contributed by atoms with van der Waals surface area (Å²) in [5, 5.41) is 0. The van der Waals surface area contributed by atoms with E-state index in [9.17, 15) is 4.79 Å². The molecule has 3 aromatic rings. The molecule has 0 unspecified atom stereocenters. The van der Waals surface area contributed by atoms with Gasteiger partial charge in [-0.05, 0) is 36.2 Å². The first-order valence-corrected chi connectivity index (χ1v) is 12.1. The second-order valence-corrected chi connectivity index (χ2v) is 9.52. The van der Waals surface area contributed by atoms with Crippen LogP contribution >= 0.6 is 15.9 Å². The molecule has 0 N–H and O–H groups in total. The summed E-state index contributed by atoms with van der Waals surface area (Å²) < 4.78 is 0.994. The van der Waals surface area contributed by atoms with Crippen molar-refractivity contribution < 1.29 is 4.79 Å². The Morgan fingerprint density at radius 2 is 1.58 bits per heavy atom. The average molecular weight is 503 g/mol. The van der Waals surface area contributed by atoms with Crippen LogP contribution in [0.3, 0.4) is 0 Å². The number of hydrogen-bond donors (Lipinski definition) is 0. The molecule has 2 aliphatic heterocycles. The predicted molar refractivity (Wildman–Crippen MR) is 137 cm³/mol. The van der Waals surface area contributed by atoms with Crippen LogP contribution in [0.2, 0.25) is 0 Å².